The topological polar surface area (TPSA) is 57.5 Å². The zero-order valence-corrected chi connectivity index (χ0v) is 12.6. The van der Waals surface area contributed by atoms with Crippen molar-refractivity contribution < 1.29 is 15.0 Å². The van der Waals surface area contributed by atoms with Crippen LogP contribution in [0.3, 0.4) is 0 Å². The number of aliphatic hydroxyl groups is 1. The molecule has 0 spiro atoms. The van der Waals surface area contributed by atoms with E-state index in [4.69, 9.17) is 10.2 Å². The van der Waals surface area contributed by atoms with Crippen molar-refractivity contribution in [2.24, 2.45) is 5.92 Å². The molecule has 0 aromatic rings. The van der Waals surface area contributed by atoms with Gasteiger partial charge in [-0.3, -0.25) is 4.79 Å². The highest BCUT2D eigenvalue weighted by Gasteiger charge is 2.15. The molecule has 0 aliphatic rings. The standard InChI is InChI=1S/C16H32O3/c1-2-3-4-5-6-7-8-9-10-11-12-15(13-14-17)16(18)19/h15,17H,2-14H2,1H3,(H,18,19). The summed E-state index contributed by atoms with van der Waals surface area (Å²) in [7, 11) is 0. The number of rotatable bonds is 14. The number of unbranched alkanes of at least 4 members (excludes halogenated alkanes) is 9. The third kappa shape index (κ3) is 12.2. The first-order valence-corrected chi connectivity index (χ1v) is 8.06. The summed E-state index contributed by atoms with van der Waals surface area (Å²) in [6.07, 6.45) is 13.8. The summed E-state index contributed by atoms with van der Waals surface area (Å²) >= 11 is 0. The minimum Gasteiger partial charge on any atom is -0.481 e. The normalized spacial score (nSPS) is 12.5. The number of aliphatic hydroxyl groups excluding tert-OH is 1. The van der Waals surface area contributed by atoms with Crippen LogP contribution in [0.1, 0.15) is 84.0 Å². The van der Waals surface area contributed by atoms with Crippen LogP contribution in [0.2, 0.25) is 0 Å². The summed E-state index contributed by atoms with van der Waals surface area (Å²) in [6.45, 7) is 2.22. The highest BCUT2D eigenvalue weighted by atomic mass is 16.4. The van der Waals surface area contributed by atoms with E-state index in [2.05, 4.69) is 6.92 Å². The van der Waals surface area contributed by atoms with Crippen molar-refractivity contribution in [1.82, 2.24) is 0 Å². The lowest BCUT2D eigenvalue weighted by Crippen LogP contribution is -2.15. The second-order valence-corrected chi connectivity index (χ2v) is 5.52. The number of carboxylic acids is 1. The molecule has 2 N–H and O–H groups in total. The molecule has 114 valence electrons. The SMILES string of the molecule is CCCCCCCCCCCCC(CCO)C(=O)O. The Balaban J connectivity index is 3.27. The molecule has 0 aliphatic carbocycles. The van der Waals surface area contributed by atoms with E-state index >= 15 is 0 Å². The van der Waals surface area contributed by atoms with E-state index in [0.717, 1.165) is 12.8 Å². The molecule has 1 atom stereocenters. The van der Waals surface area contributed by atoms with Gasteiger partial charge in [0.25, 0.3) is 0 Å². The maximum absolute atomic E-state index is 10.9. The second-order valence-electron chi connectivity index (χ2n) is 5.52. The molecule has 0 amide bonds. The van der Waals surface area contributed by atoms with Gasteiger partial charge in [0.1, 0.15) is 0 Å². The zero-order valence-electron chi connectivity index (χ0n) is 12.6. The Morgan fingerprint density at radius 1 is 0.842 bits per heavy atom. The third-order valence-electron chi connectivity index (χ3n) is 3.73. The lowest BCUT2D eigenvalue weighted by Gasteiger charge is -2.10. The largest absolute Gasteiger partial charge is 0.481 e. The molecule has 0 rings (SSSR count). The Morgan fingerprint density at radius 3 is 1.74 bits per heavy atom. The number of hydrogen-bond donors (Lipinski definition) is 2. The van der Waals surface area contributed by atoms with Crippen molar-refractivity contribution in [2.45, 2.75) is 84.0 Å². The maximum atomic E-state index is 10.9. The van der Waals surface area contributed by atoms with Crippen LogP contribution < -0.4 is 0 Å². The van der Waals surface area contributed by atoms with Gasteiger partial charge in [-0.2, -0.15) is 0 Å². The molecule has 0 saturated heterocycles. The van der Waals surface area contributed by atoms with Gasteiger partial charge < -0.3 is 10.2 Å². The molecule has 0 aromatic heterocycles. The average molecular weight is 272 g/mol. The Hall–Kier alpha value is -0.570. The summed E-state index contributed by atoms with van der Waals surface area (Å²) in [4.78, 5) is 10.9. The van der Waals surface area contributed by atoms with Gasteiger partial charge in [-0.1, -0.05) is 71.1 Å². The Labute approximate surface area is 118 Å². The average Bonchev–Trinajstić information content (AvgIpc) is 2.39. The van der Waals surface area contributed by atoms with Crippen LogP contribution >= 0.6 is 0 Å². The lowest BCUT2D eigenvalue weighted by atomic mass is 9.97. The summed E-state index contributed by atoms with van der Waals surface area (Å²) < 4.78 is 0. The molecule has 0 aromatic carbocycles. The monoisotopic (exact) mass is 272 g/mol. The molecule has 0 heterocycles. The highest BCUT2D eigenvalue weighted by molar-refractivity contribution is 5.69. The van der Waals surface area contributed by atoms with Crippen LogP contribution in [0.25, 0.3) is 0 Å². The molecule has 1 unspecified atom stereocenters. The lowest BCUT2D eigenvalue weighted by molar-refractivity contribution is -0.142. The van der Waals surface area contributed by atoms with Crippen molar-refractivity contribution in [1.29, 1.82) is 0 Å². The molecule has 0 aliphatic heterocycles. The van der Waals surface area contributed by atoms with Crippen molar-refractivity contribution >= 4 is 5.97 Å². The van der Waals surface area contributed by atoms with Crippen LogP contribution in [0.4, 0.5) is 0 Å². The Kier molecular flexibility index (Phi) is 13.4. The van der Waals surface area contributed by atoms with Gasteiger partial charge in [-0.25, -0.2) is 0 Å². The molecule has 0 saturated carbocycles. The molecule has 0 fully saturated rings. The zero-order chi connectivity index (χ0) is 14.3. The quantitative estimate of drug-likeness (QED) is 0.461. The van der Waals surface area contributed by atoms with Gasteiger partial charge in [0.15, 0.2) is 0 Å². The predicted molar refractivity (Wildman–Crippen MR) is 79.3 cm³/mol. The van der Waals surface area contributed by atoms with Gasteiger partial charge in [0.2, 0.25) is 0 Å². The van der Waals surface area contributed by atoms with E-state index in [0.29, 0.717) is 12.8 Å². The van der Waals surface area contributed by atoms with Crippen LogP contribution in [0.5, 0.6) is 0 Å². The first kappa shape index (κ1) is 18.4. The van der Waals surface area contributed by atoms with E-state index in [-0.39, 0.29) is 12.5 Å². The van der Waals surface area contributed by atoms with Crippen molar-refractivity contribution in [3.63, 3.8) is 0 Å². The van der Waals surface area contributed by atoms with E-state index in [9.17, 15) is 4.79 Å². The van der Waals surface area contributed by atoms with Crippen LogP contribution in [-0.2, 0) is 4.79 Å². The fourth-order valence-corrected chi connectivity index (χ4v) is 2.43. The Bertz CT molecular complexity index is 204. The van der Waals surface area contributed by atoms with Crippen molar-refractivity contribution in [3.05, 3.63) is 0 Å². The van der Waals surface area contributed by atoms with E-state index < -0.39 is 5.97 Å². The second kappa shape index (κ2) is 13.9. The van der Waals surface area contributed by atoms with E-state index in [1.165, 1.54) is 51.4 Å². The third-order valence-corrected chi connectivity index (χ3v) is 3.73. The molecule has 19 heavy (non-hydrogen) atoms. The number of carbonyl (C=O) groups is 1. The molecule has 3 nitrogen and oxygen atoms in total. The molecular formula is C16H32O3. The predicted octanol–water partition coefficient (Wildman–Crippen LogP) is 4.38. The number of hydrogen-bond acceptors (Lipinski definition) is 2. The van der Waals surface area contributed by atoms with E-state index in [1.54, 1.807) is 0 Å². The minimum absolute atomic E-state index is 0.0191. The summed E-state index contributed by atoms with van der Waals surface area (Å²) in [5, 5.41) is 17.7. The van der Waals surface area contributed by atoms with Crippen LogP contribution in [0, 0.1) is 5.92 Å². The molecule has 3 heteroatoms. The van der Waals surface area contributed by atoms with Gasteiger partial charge in [-0.05, 0) is 12.8 Å². The Morgan fingerprint density at radius 2 is 1.32 bits per heavy atom. The summed E-state index contributed by atoms with van der Waals surface area (Å²) in [5.74, 6) is -1.11. The number of aliphatic carboxylic acids is 1. The fourth-order valence-electron chi connectivity index (χ4n) is 2.43. The summed E-state index contributed by atoms with van der Waals surface area (Å²) in [6, 6.07) is 0. The molecular weight excluding hydrogens is 240 g/mol. The molecule has 0 radical (unpaired) electrons. The highest BCUT2D eigenvalue weighted by Crippen LogP contribution is 2.16. The smallest absolute Gasteiger partial charge is 0.306 e. The fraction of sp³-hybridized carbons (Fsp3) is 0.938. The van der Waals surface area contributed by atoms with Gasteiger partial charge in [0, 0.05) is 6.61 Å². The van der Waals surface area contributed by atoms with Gasteiger partial charge in [0.05, 0.1) is 5.92 Å². The summed E-state index contributed by atoms with van der Waals surface area (Å²) in [5.41, 5.74) is 0. The molecule has 0 bridgehead atoms. The van der Waals surface area contributed by atoms with Crippen molar-refractivity contribution in [3.8, 4) is 0 Å². The van der Waals surface area contributed by atoms with Gasteiger partial charge >= 0.3 is 5.97 Å². The van der Waals surface area contributed by atoms with Crippen LogP contribution in [0.15, 0.2) is 0 Å². The number of carboxylic acid groups (broad SMARTS) is 1. The van der Waals surface area contributed by atoms with Gasteiger partial charge in [-0.15, -0.1) is 0 Å². The van der Waals surface area contributed by atoms with Crippen LogP contribution in [-0.4, -0.2) is 22.8 Å². The maximum Gasteiger partial charge on any atom is 0.306 e. The first-order chi connectivity index (χ1) is 9.22. The first-order valence-electron chi connectivity index (χ1n) is 8.06. The van der Waals surface area contributed by atoms with Crippen molar-refractivity contribution in [2.75, 3.05) is 6.61 Å². The van der Waals surface area contributed by atoms with E-state index in [1.807, 2.05) is 0 Å². The minimum atomic E-state index is -0.759.